The van der Waals surface area contributed by atoms with Gasteiger partial charge in [0.1, 0.15) is 0 Å². The highest BCUT2D eigenvalue weighted by Crippen LogP contribution is 2.27. The molecule has 0 bridgehead atoms. The van der Waals surface area contributed by atoms with E-state index in [0.717, 1.165) is 27.8 Å². The van der Waals surface area contributed by atoms with Gasteiger partial charge in [-0.2, -0.15) is 0 Å². The molecule has 0 aliphatic rings. The zero-order valence-electron chi connectivity index (χ0n) is 11.1. The van der Waals surface area contributed by atoms with Crippen LogP contribution in [0.25, 0.3) is 11.0 Å². The van der Waals surface area contributed by atoms with Crippen molar-refractivity contribution in [2.45, 2.75) is 6.04 Å². The van der Waals surface area contributed by atoms with E-state index in [0.29, 0.717) is 0 Å². The fraction of sp³-hybridized carbons (Fsp3) is 0.133. The summed E-state index contributed by atoms with van der Waals surface area (Å²) in [6.45, 7) is 0. The van der Waals surface area contributed by atoms with Gasteiger partial charge in [0.25, 0.3) is 0 Å². The summed E-state index contributed by atoms with van der Waals surface area (Å²) in [5.74, 6) is 0. The van der Waals surface area contributed by atoms with Crippen LogP contribution < -0.4 is 11.1 Å². The van der Waals surface area contributed by atoms with Gasteiger partial charge in [-0.1, -0.05) is 6.07 Å². The highest BCUT2D eigenvalue weighted by molar-refractivity contribution is 5.75. The summed E-state index contributed by atoms with van der Waals surface area (Å²) in [7, 11) is 1.90. The number of hydrogen-bond donors (Lipinski definition) is 2. The van der Waals surface area contributed by atoms with Crippen molar-refractivity contribution in [3.63, 3.8) is 0 Å². The van der Waals surface area contributed by atoms with Crippen LogP contribution in [0.1, 0.15) is 17.2 Å². The fourth-order valence-corrected chi connectivity index (χ4v) is 2.32. The van der Waals surface area contributed by atoms with Crippen LogP contribution in [-0.2, 0) is 0 Å². The van der Waals surface area contributed by atoms with Crippen molar-refractivity contribution in [3.8, 4) is 0 Å². The van der Waals surface area contributed by atoms with E-state index >= 15 is 0 Å². The third-order valence-corrected chi connectivity index (χ3v) is 3.31. The van der Waals surface area contributed by atoms with Crippen molar-refractivity contribution >= 4 is 16.7 Å². The van der Waals surface area contributed by atoms with Crippen molar-refractivity contribution in [2.75, 3.05) is 12.8 Å². The Morgan fingerprint density at radius 3 is 2.60 bits per heavy atom. The molecule has 3 aromatic rings. The average Bonchev–Trinajstić information content (AvgIpc) is 2.50. The Morgan fingerprint density at radius 2 is 1.85 bits per heavy atom. The normalized spacial score (nSPS) is 12.4. The Labute approximate surface area is 116 Å². The second-order valence-electron chi connectivity index (χ2n) is 4.53. The van der Waals surface area contributed by atoms with Crippen molar-refractivity contribution in [1.29, 1.82) is 0 Å². The van der Waals surface area contributed by atoms with Crippen molar-refractivity contribution < 1.29 is 0 Å². The van der Waals surface area contributed by atoms with Crippen LogP contribution in [0.3, 0.4) is 0 Å². The van der Waals surface area contributed by atoms with E-state index < -0.39 is 0 Å². The lowest BCUT2D eigenvalue weighted by atomic mass is 9.98. The molecule has 3 N–H and O–H groups in total. The first-order valence-electron chi connectivity index (χ1n) is 6.37. The number of nitrogens with zero attached hydrogens (tertiary/aromatic N) is 3. The number of nitrogens with two attached hydrogens (primary N) is 1. The minimum absolute atomic E-state index is 0.0184. The van der Waals surface area contributed by atoms with E-state index in [1.54, 1.807) is 30.9 Å². The lowest BCUT2D eigenvalue weighted by Gasteiger charge is -2.18. The standard InChI is InChI=1S/C15H15N5/c1-17-15(11-9-18-5-4-12(11)16)10-2-3-13-14(8-10)20-7-6-19-13/h2-9,15,17H,1H3,(H2,16,18). The molecule has 0 saturated heterocycles. The van der Waals surface area contributed by atoms with Crippen molar-refractivity contribution in [1.82, 2.24) is 20.3 Å². The molecule has 1 atom stereocenters. The summed E-state index contributed by atoms with van der Waals surface area (Å²) in [6.07, 6.45) is 6.87. The Hall–Kier alpha value is -2.53. The zero-order valence-corrected chi connectivity index (χ0v) is 11.1. The molecule has 1 aromatic carbocycles. The SMILES string of the molecule is CNC(c1ccc2nccnc2c1)c1cnccc1N. The van der Waals surface area contributed by atoms with Crippen LogP contribution in [-0.4, -0.2) is 22.0 Å². The Kier molecular flexibility index (Phi) is 3.26. The maximum absolute atomic E-state index is 6.04. The minimum Gasteiger partial charge on any atom is -0.398 e. The highest BCUT2D eigenvalue weighted by atomic mass is 14.9. The zero-order chi connectivity index (χ0) is 13.9. The molecule has 0 saturated carbocycles. The van der Waals surface area contributed by atoms with E-state index in [2.05, 4.69) is 20.3 Å². The molecule has 2 heterocycles. The largest absolute Gasteiger partial charge is 0.398 e. The summed E-state index contributed by atoms with van der Waals surface area (Å²) < 4.78 is 0. The average molecular weight is 265 g/mol. The molecule has 5 heteroatoms. The molecular weight excluding hydrogens is 250 g/mol. The maximum Gasteiger partial charge on any atom is 0.0890 e. The van der Waals surface area contributed by atoms with Gasteiger partial charge in [0.15, 0.2) is 0 Å². The molecular formula is C15H15N5. The van der Waals surface area contributed by atoms with Gasteiger partial charge < -0.3 is 11.1 Å². The summed E-state index contributed by atoms with van der Waals surface area (Å²) >= 11 is 0. The molecule has 5 nitrogen and oxygen atoms in total. The number of benzene rings is 1. The smallest absolute Gasteiger partial charge is 0.0890 e. The summed E-state index contributed by atoms with van der Waals surface area (Å²) in [4.78, 5) is 12.8. The molecule has 100 valence electrons. The molecule has 0 spiro atoms. The molecule has 2 aromatic heterocycles. The second-order valence-corrected chi connectivity index (χ2v) is 4.53. The molecule has 0 aliphatic heterocycles. The molecule has 0 amide bonds. The first kappa shape index (κ1) is 12.5. The minimum atomic E-state index is -0.0184. The number of rotatable bonds is 3. The highest BCUT2D eigenvalue weighted by Gasteiger charge is 2.15. The van der Waals surface area contributed by atoms with Crippen LogP contribution in [0.2, 0.25) is 0 Å². The number of aromatic nitrogens is 3. The number of anilines is 1. The Balaban J connectivity index is 2.10. The van der Waals surface area contributed by atoms with Gasteiger partial charge in [0, 0.05) is 36.0 Å². The van der Waals surface area contributed by atoms with Gasteiger partial charge in [-0.05, 0) is 30.8 Å². The van der Waals surface area contributed by atoms with Gasteiger partial charge in [-0.15, -0.1) is 0 Å². The number of hydrogen-bond acceptors (Lipinski definition) is 5. The summed E-state index contributed by atoms with van der Waals surface area (Å²) in [5.41, 5.74) is 10.5. The molecule has 0 radical (unpaired) electrons. The fourth-order valence-electron chi connectivity index (χ4n) is 2.32. The van der Waals surface area contributed by atoms with E-state index in [-0.39, 0.29) is 6.04 Å². The van der Waals surface area contributed by atoms with E-state index in [1.807, 2.05) is 25.2 Å². The lowest BCUT2D eigenvalue weighted by Crippen LogP contribution is -2.19. The van der Waals surface area contributed by atoms with Gasteiger partial charge in [0.2, 0.25) is 0 Å². The first-order valence-corrected chi connectivity index (χ1v) is 6.37. The van der Waals surface area contributed by atoms with Gasteiger partial charge in [0.05, 0.1) is 17.1 Å². The topological polar surface area (TPSA) is 76.7 Å². The maximum atomic E-state index is 6.04. The molecule has 3 rings (SSSR count). The molecule has 0 aliphatic carbocycles. The first-order chi connectivity index (χ1) is 9.79. The number of fused-ring (bicyclic) bond motifs is 1. The predicted molar refractivity (Wildman–Crippen MR) is 79.1 cm³/mol. The van der Waals surface area contributed by atoms with E-state index in [1.165, 1.54) is 0 Å². The van der Waals surface area contributed by atoms with Crippen LogP contribution in [0.4, 0.5) is 5.69 Å². The quantitative estimate of drug-likeness (QED) is 0.756. The van der Waals surface area contributed by atoms with E-state index in [9.17, 15) is 0 Å². The summed E-state index contributed by atoms with van der Waals surface area (Å²) in [5, 5.41) is 3.27. The van der Waals surface area contributed by atoms with Crippen LogP contribution >= 0.6 is 0 Å². The molecule has 0 fully saturated rings. The van der Waals surface area contributed by atoms with Crippen molar-refractivity contribution in [3.05, 3.63) is 60.2 Å². The van der Waals surface area contributed by atoms with Crippen LogP contribution in [0, 0.1) is 0 Å². The third-order valence-electron chi connectivity index (χ3n) is 3.31. The number of nitrogen functional groups attached to an aromatic ring is 1. The number of pyridine rings is 1. The third kappa shape index (κ3) is 2.19. The number of nitrogens with one attached hydrogen (secondary N) is 1. The molecule has 20 heavy (non-hydrogen) atoms. The van der Waals surface area contributed by atoms with Crippen LogP contribution in [0.15, 0.2) is 49.1 Å². The van der Waals surface area contributed by atoms with Crippen LogP contribution in [0.5, 0.6) is 0 Å². The van der Waals surface area contributed by atoms with Gasteiger partial charge in [-0.3, -0.25) is 15.0 Å². The molecule has 1 unspecified atom stereocenters. The summed E-state index contributed by atoms with van der Waals surface area (Å²) in [6, 6.07) is 7.81. The van der Waals surface area contributed by atoms with Gasteiger partial charge >= 0.3 is 0 Å². The second kappa shape index (κ2) is 5.22. The van der Waals surface area contributed by atoms with Gasteiger partial charge in [-0.25, -0.2) is 0 Å². The Morgan fingerprint density at radius 1 is 1.05 bits per heavy atom. The van der Waals surface area contributed by atoms with E-state index in [4.69, 9.17) is 5.73 Å². The lowest BCUT2D eigenvalue weighted by molar-refractivity contribution is 0.691. The predicted octanol–water partition coefficient (Wildman–Crippen LogP) is 1.92. The van der Waals surface area contributed by atoms with Crippen molar-refractivity contribution in [2.24, 2.45) is 0 Å². The Bertz CT molecular complexity index is 741. The monoisotopic (exact) mass is 265 g/mol.